The van der Waals surface area contributed by atoms with Gasteiger partial charge in [-0.15, -0.1) is 0 Å². The first-order chi connectivity index (χ1) is 7.34. The highest BCUT2D eigenvalue weighted by Crippen LogP contribution is 2.32. The molecule has 88 valence electrons. The van der Waals surface area contributed by atoms with E-state index in [4.69, 9.17) is 10.2 Å². The van der Waals surface area contributed by atoms with Crippen molar-refractivity contribution in [1.82, 2.24) is 0 Å². The molecule has 2 N–H and O–H groups in total. The molecule has 0 radical (unpaired) electrons. The van der Waals surface area contributed by atoms with Crippen LogP contribution in [0.3, 0.4) is 0 Å². The van der Waals surface area contributed by atoms with Crippen LogP contribution in [0.2, 0.25) is 0 Å². The Hall–Kier alpha value is -1.17. The maximum atomic E-state index is 13.5. The Morgan fingerprint density at radius 1 is 1.56 bits per heavy atom. The lowest BCUT2D eigenvalue weighted by Crippen LogP contribution is -2.14. The summed E-state index contributed by atoms with van der Waals surface area (Å²) in [6.07, 6.45) is -0.272. The lowest BCUT2D eigenvalue weighted by atomic mass is 10.0. The molecule has 0 saturated heterocycles. The zero-order valence-corrected chi connectivity index (χ0v) is 9.88. The summed E-state index contributed by atoms with van der Waals surface area (Å²) < 4.78 is 26.5. The Bertz CT molecular complexity index is 435. The molecule has 0 aliphatic carbocycles. The van der Waals surface area contributed by atoms with Gasteiger partial charge in [-0.05, 0) is 22.4 Å². The van der Waals surface area contributed by atoms with Crippen molar-refractivity contribution in [2.24, 2.45) is 5.92 Å². The standard InChI is InChI=1S/C10H9BrF2O3/c1-4(10(15)16)2-5-6(12)3-7(14)8(11)9(5)13/h3-4,14H,2H2,1H3,(H,15,16). The molecule has 0 aliphatic rings. The summed E-state index contributed by atoms with van der Waals surface area (Å²) in [5.74, 6) is -4.51. The number of carboxylic acid groups (broad SMARTS) is 1. The number of benzene rings is 1. The number of aliphatic carboxylic acids is 1. The molecule has 3 nitrogen and oxygen atoms in total. The van der Waals surface area contributed by atoms with Crippen molar-refractivity contribution >= 4 is 21.9 Å². The van der Waals surface area contributed by atoms with Gasteiger partial charge < -0.3 is 10.2 Å². The van der Waals surface area contributed by atoms with Gasteiger partial charge in [-0.25, -0.2) is 8.78 Å². The van der Waals surface area contributed by atoms with E-state index in [0.717, 1.165) is 6.07 Å². The van der Waals surface area contributed by atoms with E-state index in [1.807, 2.05) is 0 Å². The Kier molecular flexibility index (Phi) is 3.85. The van der Waals surface area contributed by atoms with Gasteiger partial charge in [0.05, 0.1) is 10.4 Å². The highest BCUT2D eigenvalue weighted by molar-refractivity contribution is 9.10. The molecule has 0 aromatic heterocycles. The average molecular weight is 295 g/mol. The number of hydrogen-bond acceptors (Lipinski definition) is 2. The van der Waals surface area contributed by atoms with Crippen LogP contribution in [0.4, 0.5) is 8.78 Å². The van der Waals surface area contributed by atoms with E-state index in [0.29, 0.717) is 0 Å². The number of phenols is 1. The second kappa shape index (κ2) is 4.78. The third kappa shape index (κ3) is 2.49. The van der Waals surface area contributed by atoms with Crippen molar-refractivity contribution in [1.29, 1.82) is 0 Å². The van der Waals surface area contributed by atoms with Crippen molar-refractivity contribution in [3.8, 4) is 5.75 Å². The smallest absolute Gasteiger partial charge is 0.306 e. The minimum absolute atomic E-state index is 0.263. The number of rotatable bonds is 3. The number of carboxylic acids is 1. The molecule has 1 aromatic rings. The minimum Gasteiger partial charge on any atom is -0.507 e. The van der Waals surface area contributed by atoms with Gasteiger partial charge in [0.2, 0.25) is 0 Å². The Morgan fingerprint density at radius 3 is 2.62 bits per heavy atom. The number of phenolic OH excluding ortho intramolecular Hbond substituents is 1. The van der Waals surface area contributed by atoms with E-state index in [-0.39, 0.29) is 16.5 Å². The molecule has 0 saturated carbocycles. The molecule has 0 bridgehead atoms. The van der Waals surface area contributed by atoms with Crippen molar-refractivity contribution in [2.75, 3.05) is 0 Å². The van der Waals surface area contributed by atoms with Crippen molar-refractivity contribution < 1.29 is 23.8 Å². The van der Waals surface area contributed by atoms with Gasteiger partial charge in [-0.3, -0.25) is 4.79 Å². The van der Waals surface area contributed by atoms with Gasteiger partial charge in [0.15, 0.2) is 0 Å². The number of hydrogen-bond donors (Lipinski definition) is 2. The molecule has 1 unspecified atom stereocenters. The molecule has 0 aliphatic heterocycles. The summed E-state index contributed by atoms with van der Waals surface area (Å²) in [5.41, 5.74) is -0.348. The molecule has 0 amide bonds. The zero-order valence-electron chi connectivity index (χ0n) is 8.30. The predicted molar refractivity (Wildman–Crippen MR) is 56.2 cm³/mol. The fourth-order valence-electron chi connectivity index (χ4n) is 1.20. The van der Waals surface area contributed by atoms with Crippen molar-refractivity contribution in [3.63, 3.8) is 0 Å². The van der Waals surface area contributed by atoms with Crippen LogP contribution in [0.5, 0.6) is 5.75 Å². The largest absolute Gasteiger partial charge is 0.507 e. The average Bonchev–Trinajstić information content (AvgIpc) is 2.20. The van der Waals surface area contributed by atoms with Crippen LogP contribution in [0.15, 0.2) is 10.5 Å². The van der Waals surface area contributed by atoms with Gasteiger partial charge in [-0.1, -0.05) is 6.92 Å². The Labute approximate surface area is 98.8 Å². The second-order valence-corrected chi connectivity index (χ2v) is 4.22. The Morgan fingerprint density at radius 2 is 2.12 bits per heavy atom. The highest BCUT2D eigenvalue weighted by Gasteiger charge is 2.21. The molecule has 6 heteroatoms. The van der Waals surface area contributed by atoms with E-state index in [2.05, 4.69) is 15.9 Å². The first kappa shape index (κ1) is 12.9. The Balaban J connectivity index is 3.14. The van der Waals surface area contributed by atoms with Crippen LogP contribution in [0, 0.1) is 17.6 Å². The van der Waals surface area contributed by atoms with Crippen LogP contribution in [0.25, 0.3) is 0 Å². The highest BCUT2D eigenvalue weighted by atomic mass is 79.9. The van der Waals surface area contributed by atoms with Crippen LogP contribution in [0.1, 0.15) is 12.5 Å². The van der Waals surface area contributed by atoms with E-state index in [1.54, 1.807) is 0 Å². The molecular weight excluding hydrogens is 286 g/mol. The third-order valence-corrected chi connectivity index (χ3v) is 2.92. The third-order valence-electron chi connectivity index (χ3n) is 2.17. The van der Waals surface area contributed by atoms with Crippen LogP contribution in [-0.2, 0) is 11.2 Å². The fourth-order valence-corrected chi connectivity index (χ4v) is 1.55. The van der Waals surface area contributed by atoms with Crippen molar-refractivity contribution in [2.45, 2.75) is 13.3 Å². The number of aromatic hydroxyl groups is 1. The summed E-state index contributed by atoms with van der Waals surface area (Å²) in [5, 5.41) is 17.7. The molecule has 1 atom stereocenters. The maximum Gasteiger partial charge on any atom is 0.306 e. The quantitative estimate of drug-likeness (QED) is 0.843. The van der Waals surface area contributed by atoms with Crippen LogP contribution in [-0.4, -0.2) is 16.2 Å². The zero-order chi connectivity index (χ0) is 12.5. The lowest BCUT2D eigenvalue weighted by molar-refractivity contribution is -0.141. The number of carbonyl (C=O) groups is 1. The predicted octanol–water partition coefficient (Wildman–Crippen LogP) is 2.70. The van der Waals surface area contributed by atoms with Gasteiger partial charge >= 0.3 is 5.97 Å². The van der Waals surface area contributed by atoms with E-state index in [9.17, 15) is 13.6 Å². The molecule has 0 fully saturated rings. The summed E-state index contributed by atoms with van der Waals surface area (Å²) in [4.78, 5) is 10.6. The van der Waals surface area contributed by atoms with E-state index < -0.39 is 29.3 Å². The van der Waals surface area contributed by atoms with E-state index >= 15 is 0 Å². The van der Waals surface area contributed by atoms with E-state index in [1.165, 1.54) is 6.92 Å². The molecule has 0 spiro atoms. The maximum absolute atomic E-state index is 13.5. The van der Waals surface area contributed by atoms with Gasteiger partial charge in [0, 0.05) is 11.6 Å². The molecular formula is C10H9BrF2O3. The first-order valence-corrected chi connectivity index (χ1v) is 5.22. The summed E-state index contributed by atoms with van der Waals surface area (Å²) >= 11 is 2.75. The summed E-state index contributed by atoms with van der Waals surface area (Å²) in [6, 6.07) is 0.747. The van der Waals surface area contributed by atoms with Gasteiger partial charge in [-0.2, -0.15) is 0 Å². The van der Waals surface area contributed by atoms with Gasteiger partial charge in [0.25, 0.3) is 0 Å². The monoisotopic (exact) mass is 294 g/mol. The first-order valence-electron chi connectivity index (χ1n) is 4.42. The van der Waals surface area contributed by atoms with Gasteiger partial charge in [0.1, 0.15) is 17.4 Å². The second-order valence-electron chi connectivity index (χ2n) is 3.43. The minimum atomic E-state index is -1.14. The molecule has 1 aromatic carbocycles. The SMILES string of the molecule is CC(Cc1c(F)cc(O)c(Br)c1F)C(=O)O. The summed E-state index contributed by atoms with van der Waals surface area (Å²) in [6.45, 7) is 1.35. The number of halogens is 3. The summed E-state index contributed by atoms with van der Waals surface area (Å²) in [7, 11) is 0. The van der Waals surface area contributed by atoms with Crippen LogP contribution < -0.4 is 0 Å². The lowest BCUT2D eigenvalue weighted by Gasteiger charge is -2.10. The van der Waals surface area contributed by atoms with Crippen molar-refractivity contribution in [3.05, 3.63) is 27.7 Å². The molecule has 1 rings (SSSR count). The van der Waals surface area contributed by atoms with Crippen LogP contribution >= 0.6 is 15.9 Å². The molecule has 0 heterocycles. The fraction of sp³-hybridized carbons (Fsp3) is 0.300. The topological polar surface area (TPSA) is 57.5 Å². The molecule has 16 heavy (non-hydrogen) atoms. The normalized spacial score (nSPS) is 12.5.